The average Bonchev–Trinajstić information content (AvgIpc) is 2.89. The highest BCUT2D eigenvalue weighted by molar-refractivity contribution is 9.10. The summed E-state index contributed by atoms with van der Waals surface area (Å²) in [5, 5.41) is 7.89. The number of amides is 1. The predicted molar refractivity (Wildman–Crippen MR) is 74.5 cm³/mol. The zero-order valence-electron chi connectivity index (χ0n) is 10.2. The molecule has 0 saturated heterocycles. The molecule has 0 fully saturated rings. The number of benzene rings is 1. The van der Waals surface area contributed by atoms with Crippen molar-refractivity contribution in [3.63, 3.8) is 0 Å². The first-order chi connectivity index (χ1) is 9.15. The van der Waals surface area contributed by atoms with E-state index in [9.17, 15) is 4.79 Å². The molecular formula is C12H12BrN5O. The largest absolute Gasteiger partial charge is 0.271 e. The van der Waals surface area contributed by atoms with E-state index in [1.165, 1.54) is 17.3 Å². The number of halogens is 1. The number of nitrogens with one attached hydrogen (secondary N) is 1. The second-order valence-electron chi connectivity index (χ2n) is 3.83. The van der Waals surface area contributed by atoms with E-state index in [0.717, 1.165) is 15.7 Å². The smallest absolute Gasteiger partial charge is 0.261 e. The molecule has 0 unspecified atom stereocenters. The van der Waals surface area contributed by atoms with Gasteiger partial charge in [-0.1, -0.05) is 28.1 Å². The van der Waals surface area contributed by atoms with Crippen molar-refractivity contribution in [2.75, 3.05) is 0 Å². The Morgan fingerprint density at radius 2 is 2.16 bits per heavy atom. The summed E-state index contributed by atoms with van der Waals surface area (Å²) in [6.45, 7) is 1.93. The summed E-state index contributed by atoms with van der Waals surface area (Å²) >= 11 is 3.36. The Labute approximate surface area is 118 Å². The Morgan fingerprint density at radius 1 is 1.42 bits per heavy atom. The third-order valence-corrected chi connectivity index (χ3v) is 2.91. The maximum absolute atomic E-state index is 11.6. The predicted octanol–water partition coefficient (Wildman–Crippen LogP) is 1.58. The molecule has 1 N–H and O–H groups in total. The van der Waals surface area contributed by atoms with E-state index in [1.807, 2.05) is 31.2 Å². The summed E-state index contributed by atoms with van der Waals surface area (Å²) in [6.07, 6.45) is 2.86. The van der Waals surface area contributed by atoms with Crippen LogP contribution in [0.25, 0.3) is 0 Å². The fourth-order valence-corrected chi connectivity index (χ4v) is 1.66. The molecule has 1 heterocycles. The first kappa shape index (κ1) is 13.4. The fraction of sp³-hybridized carbons (Fsp3) is 0.167. The van der Waals surface area contributed by atoms with Gasteiger partial charge in [0.25, 0.3) is 5.91 Å². The molecule has 0 bridgehead atoms. The summed E-state index contributed by atoms with van der Waals surface area (Å²) in [4.78, 5) is 15.3. The standard InChI is InChI=1S/C12H12BrN5O/c1-9(10-2-4-11(13)5-3-10)16-17-12(19)6-18-8-14-7-15-18/h2-5,7-8H,6H2,1H3,(H,17,19)/b16-9-. The average molecular weight is 322 g/mol. The summed E-state index contributed by atoms with van der Waals surface area (Å²) < 4.78 is 2.43. The van der Waals surface area contributed by atoms with Crippen LogP contribution in [0.5, 0.6) is 0 Å². The van der Waals surface area contributed by atoms with Crippen LogP contribution in [0.15, 0.2) is 46.5 Å². The van der Waals surface area contributed by atoms with Gasteiger partial charge in [0, 0.05) is 4.47 Å². The second-order valence-corrected chi connectivity index (χ2v) is 4.75. The van der Waals surface area contributed by atoms with E-state index < -0.39 is 0 Å². The van der Waals surface area contributed by atoms with Gasteiger partial charge in [-0.15, -0.1) is 0 Å². The minimum atomic E-state index is -0.248. The van der Waals surface area contributed by atoms with Crippen LogP contribution in [0.1, 0.15) is 12.5 Å². The lowest BCUT2D eigenvalue weighted by atomic mass is 10.1. The summed E-state index contributed by atoms with van der Waals surface area (Å²) in [6, 6.07) is 7.69. The fourth-order valence-electron chi connectivity index (χ4n) is 1.40. The minimum absolute atomic E-state index is 0.0944. The van der Waals surface area contributed by atoms with Gasteiger partial charge in [-0.05, 0) is 24.6 Å². The van der Waals surface area contributed by atoms with Crippen molar-refractivity contribution >= 4 is 27.5 Å². The highest BCUT2D eigenvalue weighted by Crippen LogP contribution is 2.10. The maximum Gasteiger partial charge on any atom is 0.261 e. The number of rotatable bonds is 4. The molecule has 6 nitrogen and oxygen atoms in total. The number of nitrogens with zero attached hydrogens (tertiary/aromatic N) is 4. The Bertz CT molecular complexity index is 577. The van der Waals surface area contributed by atoms with E-state index >= 15 is 0 Å². The number of hydrazone groups is 1. The zero-order chi connectivity index (χ0) is 13.7. The molecule has 0 spiro atoms. The van der Waals surface area contributed by atoms with Crippen molar-refractivity contribution in [1.82, 2.24) is 20.2 Å². The molecule has 19 heavy (non-hydrogen) atoms. The molecule has 98 valence electrons. The third-order valence-electron chi connectivity index (χ3n) is 2.38. The Morgan fingerprint density at radius 3 is 2.79 bits per heavy atom. The lowest BCUT2D eigenvalue weighted by Crippen LogP contribution is -2.24. The molecule has 0 aliphatic heterocycles. The van der Waals surface area contributed by atoms with Gasteiger partial charge in [0.2, 0.25) is 0 Å². The molecule has 2 aromatic rings. The summed E-state index contributed by atoms with van der Waals surface area (Å²) in [5.41, 5.74) is 4.17. The maximum atomic E-state index is 11.6. The monoisotopic (exact) mass is 321 g/mol. The summed E-state index contributed by atoms with van der Waals surface area (Å²) in [7, 11) is 0. The van der Waals surface area contributed by atoms with Crippen LogP contribution >= 0.6 is 15.9 Å². The molecule has 0 aliphatic carbocycles. The molecule has 1 aromatic heterocycles. The van der Waals surface area contributed by atoms with Crippen molar-refractivity contribution < 1.29 is 4.79 Å². The second kappa shape index (κ2) is 6.24. The van der Waals surface area contributed by atoms with Crippen LogP contribution in [-0.4, -0.2) is 26.4 Å². The lowest BCUT2D eigenvalue weighted by molar-refractivity contribution is -0.121. The highest BCUT2D eigenvalue weighted by Gasteiger charge is 2.02. The quantitative estimate of drug-likeness (QED) is 0.686. The lowest BCUT2D eigenvalue weighted by Gasteiger charge is -2.03. The van der Waals surface area contributed by atoms with Gasteiger partial charge in [0.1, 0.15) is 19.2 Å². The Hall–Kier alpha value is -2.02. The van der Waals surface area contributed by atoms with E-state index in [-0.39, 0.29) is 12.5 Å². The van der Waals surface area contributed by atoms with Crippen LogP contribution in [0.2, 0.25) is 0 Å². The number of carbonyl (C=O) groups is 1. The minimum Gasteiger partial charge on any atom is -0.271 e. The van der Waals surface area contributed by atoms with Crippen molar-refractivity contribution in [2.24, 2.45) is 5.10 Å². The molecule has 1 amide bonds. The van der Waals surface area contributed by atoms with E-state index in [2.05, 4.69) is 36.5 Å². The van der Waals surface area contributed by atoms with Crippen molar-refractivity contribution in [3.8, 4) is 0 Å². The number of aromatic nitrogens is 3. The van der Waals surface area contributed by atoms with Crippen LogP contribution in [-0.2, 0) is 11.3 Å². The van der Waals surface area contributed by atoms with Crippen molar-refractivity contribution in [3.05, 3.63) is 47.0 Å². The van der Waals surface area contributed by atoms with Gasteiger partial charge < -0.3 is 0 Å². The molecule has 2 rings (SSSR count). The van der Waals surface area contributed by atoms with Crippen LogP contribution in [0.4, 0.5) is 0 Å². The zero-order valence-corrected chi connectivity index (χ0v) is 11.8. The summed E-state index contributed by atoms with van der Waals surface area (Å²) in [5.74, 6) is -0.248. The van der Waals surface area contributed by atoms with Crippen LogP contribution in [0.3, 0.4) is 0 Å². The van der Waals surface area contributed by atoms with Gasteiger partial charge in [0.15, 0.2) is 0 Å². The number of hydrogen-bond donors (Lipinski definition) is 1. The van der Waals surface area contributed by atoms with Crippen molar-refractivity contribution in [2.45, 2.75) is 13.5 Å². The molecule has 1 aromatic carbocycles. The van der Waals surface area contributed by atoms with Gasteiger partial charge in [-0.3, -0.25) is 4.79 Å². The van der Waals surface area contributed by atoms with Gasteiger partial charge >= 0.3 is 0 Å². The van der Waals surface area contributed by atoms with Gasteiger partial charge in [0.05, 0.1) is 5.71 Å². The first-order valence-corrected chi connectivity index (χ1v) is 6.36. The van der Waals surface area contributed by atoms with E-state index in [0.29, 0.717) is 0 Å². The first-order valence-electron chi connectivity index (χ1n) is 5.56. The topological polar surface area (TPSA) is 72.2 Å². The number of hydrogen-bond acceptors (Lipinski definition) is 4. The molecule has 0 radical (unpaired) electrons. The van der Waals surface area contributed by atoms with Gasteiger partial charge in [-0.2, -0.15) is 10.2 Å². The molecule has 0 aliphatic rings. The Kier molecular flexibility index (Phi) is 4.40. The normalized spacial score (nSPS) is 11.4. The van der Waals surface area contributed by atoms with Crippen LogP contribution < -0.4 is 5.43 Å². The Balaban J connectivity index is 1.94. The molecular weight excluding hydrogens is 310 g/mol. The molecule has 0 saturated carbocycles. The number of carbonyl (C=O) groups excluding carboxylic acids is 1. The van der Waals surface area contributed by atoms with Crippen molar-refractivity contribution in [1.29, 1.82) is 0 Å². The van der Waals surface area contributed by atoms with E-state index in [4.69, 9.17) is 0 Å². The van der Waals surface area contributed by atoms with Gasteiger partial charge in [-0.25, -0.2) is 15.1 Å². The molecule has 0 atom stereocenters. The molecule has 7 heteroatoms. The van der Waals surface area contributed by atoms with E-state index in [1.54, 1.807) is 0 Å². The van der Waals surface area contributed by atoms with Crippen LogP contribution in [0, 0.1) is 0 Å². The third kappa shape index (κ3) is 3.99. The highest BCUT2D eigenvalue weighted by atomic mass is 79.9. The SMILES string of the molecule is C/C(=N/NC(=O)Cn1cncn1)c1ccc(Br)cc1.